The highest BCUT2D eigenvalue weighted by Gasteiger charge is 2.16. The molecule has 0 spiro atoms. The van der Waals surface area contributed by atoms with E-state index in [1.165, 1.54) is 0 Å². The van der Waals surface area contributed by atoms with Crippen molar-refractivity contribution >= 4 is 17.6 Å². The topological polar surface area (TPSA) is 69.2 Å². The van der Waals surface area contributed by atoms with Gasteiger partial charge in [0.15, 0.2) is 5.96 Å². The van der Waals surface area contributed by atoms with Gasteiger partial charge in [0.1, 0.15) is 5.75 Å². The molecule has 2 N–H and O–H groups in total. The van der Waals surface area contributed by atoms with E-state index in [0.717, 1.165) is 35.1 Å². The number of methoxy groups -OCH3 is 1. The van der Waals surface area contributed by atoms with E-state index >= 15 is 0 Å². The number of guanidine groups is 1. The molecule has 154 valence electrons. The van der Waals surface area contributed by atoms with Crippen molar-refractivity contribution in [3.63, 3.8) is 0 Å². The number of nitrogens with zero attached hydrogens (tertiary/aromatic N) is 3. The van der Waals surface area contributed by atoms with Gasteiger partial charge in [-0.15, -0.1) is 0 Å². The Morgan fingerprint density at radius 3 is 2.69 bits per heavy atom. The summed E-state index contributed by atoms with van der Waals surface area (Å²) in [5.41, 5.74) is 3.33. The molecular weight excluding hydrogens is 366 g/mol. The van der Waals surface area contributed by atoms with E-state index in [1.807, 2.05) is 25.2 Å². The molecule has 1 heterocycles. The van der Waals surface area contributed by atoms with Gasteiger partial charge in [-0.2, -0.15) is 0 Å². The molecule has 1 saturated heterocycles. The molecule has 2 aromatic carbocycles. The van der Waals surface area contributed by atoms with Gasteiger partial charge >= 0.3 is 0 Å². The van der Waals surface area contributed by atoms with Crippen LogP contribution in [0.2, 0.25) is 0 Å². The summed E-state index contributed by atoms with van der Waals surface area (Å²) in [5.74, 6) is 1.76. The summed E-state index contributed by atoms with van der Waals surface area (Å²) in [6.45, 7) is 3.31. The summed E-state index contributed by atoms with van der Waals surface area (Å²) in [6, 6.07) is 16.3. The van der Waals surface area contributed by atoms with E-state index in [-0.39, 0.29) is 5.91 Å². The Kier molecular flexibility index (Phi) is 6.94. The van der Waals surface area contributed by atoms with Gasteiger partial charge in [-0.1, -0.05) is 30.3 Å². The lowest BCUT2D eigenvalue weighted by Crippen LogP contribution is -2.47. The molecule has 0 aliphatic carbocycles. The number of aliphatic imine (C=N–C) groups is 1. The monoisotopic (exact) mass is 395 g/mol. The van der Waals surface area contributed by atoms with E-state index in [0.29, 0.717) is 26.2 Å². The van der Waals surface area contributed by atoms with Crippen LogP contribution in [0.5, 0.6) is 5.75 Å². The van der Waals surface area contributed by atoms with Crippen molar-refractivity contribution in [1.82, 2.24) is 15.5 Å². The molecule has 7 nitrogen and oxygen atoms in total. The van der Waals surface area contributed by atoms with Crippen molar-refractivity contribution in [2.45, 2.75) is 13.1 Å². The zero-order chi connectivity index (χ0) is 20.6. The van der Waals surface area contributed by atoms with Crippen molar-refractivity contribution in [2.24, 2.45) is 4.99 Å². The van der Waals surface area contributed by atoms with Crippen LogP contribution in [-0.4, -0.2) is 57.6 Å². The third kappa shape index (κ3) is 5.40. The molecule has 1 amide bonds. The summed E-state index contributed by atoms with van der Waals surface area (Å²) in [6.07, 6.45) is 0. The molecule has 0 aromatic heterocycles. The van der Waals surface area contributed by atoms with Crippen LogP contribution in [0.4, 0.5) is 5.69 Å². The number of ether oxygens (including phenoxy) is 1. The largest absolute Gasteiger partial charge is 0.496 e. The van der Waals surface area contributed by atoms with Crippen molar-refractivity contribution in [3.8, 4) is 5.75 Å². The van der Waals surface area contributed by atoms with E-state index in [2.05, 4.69) is 55.8 Å². The van der Waals surface area contributed by atoms with Crippen molar-refractivity contribution in [2.75, 3.05) is 45.7 Å². The number of rotatable bonds is 6. The van der Waals surface area contributed by atoms with Crippen LogP contribution in [-0.2, 0) is 17.9 Å². The molecule has 0 saturated carbocycles. The fourth-order valence-electron chi connectivity index (χ4n) is 3.41. The molecule has 0 unspecified atom stereocenters. The predicted molar refractivity (Wildman–Crippen MR) is 116 cm³/mol. The number of para-hydroxylation sites is 1. The number of carbonyl (C=O) groups is 1. The second-order valence-electron chi connectivity index (χ2n) is 7.01. The first-order valence-corrected chi connectivity index (χ1v) is 9.75. The minimum atomic E-state index is 0.0730. The van der Waals surface area contributed by atoms with E-state index in [9.17, 15) is 4.79 Å². The molecule has 7 heteroatoms. The molecule has 3 rings (SSSR count). The summed E-state index contributed by atoms with van der Waals surface area (Å²) < 4.78 is 5.44. The van der Waals surface area contributed by atoms with Crippen LogP contribution in [0.3, 0.4) is 0 Å². The summed E-state index contributed by atoms with van der Waals surface area (Å²) in [7, 11) is 5.48. The van der Waals surface area contributed by atoms with Gasteiger partial charge in [0.05, 0.1) is 13.7 Å². The Hall–Kier alpha value is -3.22. The lowest BCUT2D eigenvalue weighted by Gasteiger charge is -2.28. The van der Waals surface area contributed by atoms with Crippen LogP contribution in [0, 0.1) is 0 Å². The first-order valence-electron chi connectivity index (χ1n) is 9.75. The molecule has 1 aliphatic rings. The van der Waals surface area contributed by atoms with Crippen molar-refractivity contribution in [3.05, 3.63) is 59.7 Å². The number of carbonyl (C=O) groups excluding carboxylic acids is 1. The SMILES string of the molecule is CN=C(NCc1ccc(N2CCNC(=O)C2)cc1)N(C)Cc1ccccc1OC. The van der Waals surface area contributed by atoms with Crippen LogP contribution in [0.15, 0.2) is 53.5 Å². The number of hydrogen-bond acceptors (Lipinski definition) is 4. The maximum atomic E-state index is 11.6. The molecule has 0 bridgehead atoms. The van der Waals surface area contributed by atoms with E-state index < -0.39 is 0 Å². The quantitative estimate of drug-likeness (QED) is 0.577. The van der Waals surface area contributed by atoms with Gasteiger partial charge in [0.2, 0.25) is 5.91 Å². The number of hydrogen-bond donors (Lipinski definition) is 2. The molecule has 2 aromatic rings. The average Bonchev–Trinajstić information content (AvgIpc) is 2.75. The molecule has 0 atom stereocenters. The van der Waals surface area contributed by atoms with Gasteiger partial charge in [0.25, 0.3) is 0 Å². The zero-order valence-electron chi connectivity index (χ0n) is 17.3. The van der Waals surface area contributed by atoms with E-state index in [4.69, 9.17) is 4.74 Å². The van der Waals surface area contributed by atoms with Gasteiger partial charge in [-0.3, -0.25) is 9.79 Å². The fraction of sp³-hybridized carbons (Fsp3) is 0.364. The van der Waals surface area contributed by atoms with Gasteiger partial charge in [-0.05, 0) is 23.8 Å². The number of amides is 1. The van der Waals surface area contributed by atoms with Crippen LogP contribution in [0.25, 0.3) is 0 Å². The summed E-state index contributed by atoms with van der Waals surface area (Å²) >= 11 is 0. The molecular formula is C22H29N5O2. The van der Waals surface area contributed by atoms with Crippen LogP contribution >= 0.6 is 0 Å². The van der Waals surface area contributed by atoms with Gasteiger partial charge in [0, 0.05) is 51.5 Å². The van der Waals surface area contributed by atoms with Gasteiger partial charge in [-0.25, -0.2) is 0 Å². The fourth-order valence-corrected chi connectivity index (χ4v) is 3.41. The summed E-state index contributed by atoms with van der Waals surface area (Å²) in [4.78, 5) is 20.1. The highest BCUT2D eigenvalue weighted by molar-refractivity contribution is 5.82. The lowest BCUT2D eigenvalue weighted by molar-refractivity contribution is -0.120. The van der Waals surface area contributed by atoms with Crippen LogP contribution < -0.4 is 20.3 Å². The maximum absolute atomic E-state index is 11.6. The Bertz CT molecular complexity index is 851. The van der Waals surface area contributed by atoms with Crippen molar-refractivity contribution < 1.29 is 9.53 Å². The normalized spacial score (nSPS) is 14.4. The molecule has 0 radical (unpaired) electrons. The van der Waals surface area contributed by atoms with E-state index in [1.54, 1.807) is 14.2 Å². The highest BCUT2D eigenvalue weighted by atomic mass is 16.5. The number of nitrogens with one attached hydrogen (secondary N) is 2. The molecule has 1 fully saturated rings. The minimum Gasteiger partial charge on any atom is -0.496 e. The maximum Gasteiger partial charge on any atom is 0.239 e. The highest BCUT2D eigenvalue weighted by Crippen LogP contribution is 2.19. The molecule has 1 aliphatic heterocycles. The number of benzene rings is 2. The third-order valence-corrected chi connectivity index (χ3v) is 4.96. The lowest BCUT2D eigenvalue weighted by atomic mass is 10.1. The number of piperazine rings is 1. The average molecular weight is 396 g/mol. The molecule has 29 heavy (non-hydrogen) atoms. The predicted octanol–water partition coefficient (Wildman–Crippen LogP) is 1.84. The van der Waals surface area contributed by atoms with Crippen LogP contribution in [0.1, 0.15) is 11.1 Å². The Morgan fingerprint density at radius 1 is 1.24 bits per heavy atom. The zero-order valence-corrected chi connectivity index (χ0v) is 17.3. The first-order chi connectivity index (χ1) is 14.1. The second-order valence-corrected chi connectivity index (χ2v) is 7.01. The summed E-state index contributed by atoms with van der Waals surface area (Å²) in [5, 5.41) is 6.26. The Morgan fingerprint density at radius 2 is 2.00 bits per heavy atom. The Labute approximate surface area is 172 Å². The number of anilines is 1. The second kappa shape index (κ2) is 9.82. The smallest absolute Gasteiger partial charge is 0.239 e. The third-order valence-electron chi connectivity index (χ3n) is 4.96. The van der Waals surface area contributed by atoms with Gasteiger partial charge < -0.3 is 25.2 Å². The first kappa shape index (κ1) is 20.5. The minimum absolute atomic E-state index is 0.0730. The Balaban J connectivity index is 1.56. The van der Waals surface area contributed by atoms with Crippen molar-refractivity contribution in [1.29, 1.82) is 0 Å². The standard InChI is InChI=1S/C22H29N5O2/c1-23-22(26(2)15-18-6-4-5-7-20(18)29-3)25-14-17-8-10-19(11-9-17)27-13-12-24-21(28)16-27/h4-11H,12-16H2,1-3H3,(H,23,25)(H,24,28).